The van der Waals surface area contributed by atoms with E-state index in [-0.39, 0.29) is 5.82 Å². The predicted molar refractivity (Wildman–Crippen MR) is 88.9 cm³/mol. The van der Waals surface area contributed by atoms with Crippen molar-refractivity contribution in [2.75, 3.05) is 6.54 Å². The van der Waals surface area contributed by atoms with Crippen molar-refractivity contribution in [2.45, 2.75) is 19.9 Å². The van der Waals surface area contributed by atoms with Crippen molar-refractivity contribution >= 4 is 34.8 Å². The molecule has 0 bridgehead atoms. The largest absolute Gasteiger partial charge is 0.313 e. The van der Waals surface area contributed by atoms with E-state index in [1.54, 1.807) is 18.2 Å². The summed E-state index contributed by atoms with van der Waals surface area (Å²) in [6.07, 6.45) is 1.01. The summed E-state index contributed by atoms with van der Waals surface area (Å²) in [5, 5.41) is 4.64. The molecule has 112 valence electrons. The summed E-state index contributed by atoms with van der Waals surface area (Å²) in [4.78, 5) is 0. The average molecular weight is 347 g/mol. The van der Waals surface area contributed by atoms with Crippen LogP contribution in [0.15, 0.2) is 30.3 Å². The van der Waals surface area contributed by atoms with Gasteiger partial charge in [-0.2, -0.15) is 0 Å². The van der Waals surface area contributed by atoms with Crippen LogP contribution in [0.5, 0.6) is 0 Å². The van der Waals surface area contributed by atoms with E-state index < -0.39 is 0 Å². The van der Waals surface area contributed by atoms with Gasteiger partial charge in [0.05, 0.1) is 10.0 Å². The van der Waals surface area contributed by atoms with Crippen LogP contribution in [0.2, 0.25) is 15.1 Å². The van der Waals surface area contributed by atoms with Crippen molar-refractivity contribution in [3.8, 4) is 11.1 Å². The molecule has 0 fully saturated rings. The first-order valence-electron chi connectivity index (χ1n) is 6.67. The molecule has 0 atom stereocenters. The topological polar surface area (TPSA) is 12.0 Å². The number of halogens is 4. The van der Waals surface area contributed by atoms with Crippen LogP contribution in [-0.4, -0.2) is 6.54 Å². The molecule has 2 rings (SSSR count). The first-order valence-corrected chi connectivity index (χ1v) is 7.80. The molecule has 0 saturated heterocycles. The molecule has 2 aromatic rings. The molecule has 0 aliphatic carbocycles. The van der Waals surface area contributed by atoms with Gasteiger partial charge in [0.1, 0.15) is 5.82 Å². The van der Waals surface area contributed by atoms with Crippen LogP contribution in [0, 0.1) is 5.82 Å². The number of hydrogen-bond donors (Lipinski definition) is 1. The Labute approximate surface area is 139 Å². The Morgan fingerprint density at radius 3 is 2.33 bits per heavy atom. The Morgan fingerprint density at radius 2 is 1.71 bits per heavy atom. The van der Waals surface area contributed by atoms with Crippen molar-refractivity contribution in [1.82, 2.24) is 5.32 Å². The number of nitrogens with one attached hydrogen (secondary N) is 1. The van der Waals surface area contributed by atoms with Crippen LogP contribution in [0.3, 0.4) is 0 Å². The quantitative estimate of drug-likeness (QED) is 0.659. The summed E-state index contributed by atoms with van der Waals surface area (Å²) in [7, 11) is 0. The predicted octanol–water partition coefficient (Wildman–Crippen LogP) is 5.95. The number of rotatable bonds is 5. The van der Waals surface area contributed by atoms with Gasteiger partial charge in [0.2, 0.25) is 0 Å². The Kier molecular flexibility index (Phi) is 5.88. The van der Waals surface area contributed by atoms with E-state index in [4.69, 9.17) is 34.8 Å². The smallest absolute Gasteiger partial charge is 0.123 e. The monoisotopic (exact) mass is 345 g/mol. The van der Waals surface area contributed by atoms with Crippen LogP contribution in [0.1, 0.15) is 18.9 Å². The van der Waals surface area contributed by atoms with Gasteiger partial charge in [-0.05, 0) is 48.4 Å². The summed E-state index contributed by atoms with van der Waals surface area (Å²) in [5.41, 5.74) is 2.30. The molecule has 0 heterocycles. The second kappa shape index (κ2) is 7.46. The molecule has 0 saturated carbocycles. The molecule has 0 aliphatic heterocycles. The summed E-state index contributed by atoms with van der Waals surface area (Å²) in [6.45, 7) is 3.49. The fraction of sp³-hybridized carbons (Fsp3) is 0.250. The van der Waals surface area contributed by atoms with Gasteiger partial charge < -0.3 is 5.32 Å². The highest BCUT2D eigenvalue weighted by Crippen LogP contribution is 2.38. The van der Waals surface area contributed by atoms with Crippen LogP contribution < -0.4 is 5.32 Å². The Morgan fingerprint density at radius 1 is 1.05 bits per heavy atom. The lowest BCUT2D eigenvalue weighted by molar-refractivity contribution is 0.619. The van der Waals surface area contributed by atoms with Gasteiger partial charge in [-0.25, -0.2) is 4.39 Å². The first kappa shape index (κ1) is 16.6. The second-order valence-corrected chi connectivity index (χ2v) is 5.97. The van der Waals surface area contributed by atoms with Crippen molar-refractivity contribution < 1.29 is 4.39 Å². The number of benzene rings is 2. The second-order valence-electron chi connectivity index (χ2n) is 4.72. The fourth-order valence-electron chi connectivity index (χ4n) is 2.15. The van der Waals surface area contributed by atoms with Gasteiger partial charge in [0.25, 0.3) is 0 Å². The molecule has 0 aromatic heterocycles. The maximum Gasteiger partial charge on any atom is 0.123 e. The zero-order valence-electron chi connectivity index (χ0n) is 11.5. The molecule has 0 unspecified atom stereocenters. The van der Waals surface area contributed by atoms with Gasteiger partial charge in [-0.1, -0.05) is 47.8 Å². The van der Waals surface area contributed by atoms with Crippen LogP contribution >= 0.6 is 34.8 Å². The molecule has 1 N–H and O–H groups in total. The lowest BCUT2D eigenvalue weighted by Crippen LogP contribution is -2.14. The standard InChI is InChI=1S/C16H15Cl3FN/c1-2-5-21-9-10-6-12(20)3-4-13(10)16-14(18)7-11(17)8-15(16)19/h3-4,6-8,21H,2,5,9H2,1H3. The van der Waals surface area contributed by atoms with E-state index in [0.717, 1.165) is 24.1 Å². The SMILES string of the molecule is CCCNCc1cc(F)ccc1-c1c(Cl)cc(Cl)cc1Cl. The van der Waals surface area contributed by atoms with E-state index in [1.165, 1.54) is 12.1 Å². The van der Waals surface area contributed by atoms with Crippen molar-refractivity contribution in [3.05, 3.63) is 56.8 Å². The molecule has 2 aromatic carbocycles. The highest BCUT2D eigenvalue weighted by molar-refractivity contribution is 6.41. The molecule has 21 heavy (non-hydrogen) atoms. The third kappa shape index (κ3) is 4.10. The maximum absolute atomic E-state index is 13.5. The zero-order valence-corrected chi connectivity index (χ0v) is 13.8. The minimum absolute atomic E-state index is 0.284. The normalized spacial score (nSPS) is 10.9. The molecule has 5 heteroatoms. The summed E-state index contributed by atoms with van der Waals surface area (Å²) in [6, 6.07) is 7.87. The Balaban J connectivity index is 2.48. The van der Waals surface area contributed by atoms with Gasteiger partial charge >= 0.3 is 0 Å². The minimum atomic E-state index is -0.284. The molecule has 0 spiro atoms. The minimum Gasteiger partial charge on any atom is -0.313 e. The van der Waals surface area contributed by atoms with Crippen molar-refractivity contribution in [3.63, 3.8) is 0 Å². The Bertz CT molecular complexity index is 620. The third-order valence-electron chi connectivity index (χ3n) is 3.09. The molecular weight excluding hydrogens is 332 g/mol. The third-order valence-corrected chi connectivity index (χ3v) is 3.90. The number of hydrogen-bond acceptors (Lipinski definition) is 1. The molecule has 1 nitrogen and oxygen atoms in total. The fourth-order valence-corrected chi connectivity index (χ4v) is 3.17. The highest BCUT2D eigenvalue weighted by Gasteiger charge is 2.14. The molecule has 0 amide bonds. The van der Waals surface area contributed by atoms with E-state index in [9.17, 15) is 4.39 Å². The lowest BCUT2D eigenvalue weighted by Gasteiger charge is -2.14. The van der Waals surface area contributed by atoms with Crippen LogP contribution in [-0.2, 0) is 6.54 Å². The highest BCUT2D eigenvalue weighted by atomic mass is 35.5. The Hall–Kier alpha value is -0.800. The van der Waals surface area contributed by atoms with Crippen molar-refractivity contribution in [1.29, 1.82) is 0 Å². The summed E-state index contributed by atoms with van der Waals surface area (Å²) in [5.74, 6) is -0.284. The molecule has 0 aliphatic rings. The van der Waals surface area contributed by atoms with E-state index in [2.05, 4.69) is 12.2 Å². The van der Waals surface area contributed by atoms with Gasteiger partial charge in [0.15, 0.2) is 0 Å². The average Bonchev–Trinajstić information content (AvgIpc) is 2.40. The van der Waals surface area contributed by atoms with E-state index in [0.29, 0.717) is 27.2 Å². The van der Waals surface area contributed by atoms with Crippen LogP contribution in [0.4, 0.5) is 4.39 Å². The summed E-state index contributed by atoms with van der Waals surface area (Å²) < 4.78 is 13.5. The van der Waals surface area contributed by atoms with Gasteiger partial charge in [-0.15, -0.1) is 0 Å². The lowest BCUT2D eigenvalue weighted by atomic mass is 9.99. The van der Waals surface area contributed by atoms with E-state index in [1.807, 2.05) is 0 Å². The zero-order chi connectivity index (χ0) is 15.4. The molecule has 0 radical (unpaired) electrons. The summed E-state index contributed by atoms with van der Waals surface area (Å²) >= 11 is 18.5. The van der Waals surface area contributed by atoms with Gasteiger partial charge in [-0.3, -0.25) is 0 Å². The van der Waals surface area contributed by atoms with Crippen molar-refractivity contribution in [2.24, 2.45) is 0 Å². The molecular formula is C16H15Cl3FN. The van der Waals surface area contributed by atoms with Crippen LogP contribution in [0.25, 0.3) is 11.1 Å². The first-order chi connectivity index (χ1) is 10.0. The maximum atomic E-state index is 13.5. The van der Waals surface area contributed by atoms with Gasteiger partial charge in [0, 0.05) is 17.1 Å². The van der Waals surface area contributed by atoms with E-state index >= 15 is 0 Å².